The largest absolute Gasteiger partial charge is 0.351 e. The van der Waals surface area contributed by atoms with E-state index >= 15 is 0 Å². The number of hydrogen-bond donors (Lipinski definition) is 0. The van der Waals surface area contributed by atoms with Gasteiger partial charge in [-0.3, -0.25) is 0 Å². The number of terminal acetylenes is 1. The van der Waals surface area contributed by atoms with Crippen molar-refractivity contribution in [2.75, 3.05) is 6.61 Å². The van der Waals surface area contributed by atoms with E-state index in [9.17, 15) is 0 Å². The van der Waals surface area contributed by atoms with Crippen molar-refractivity contribution in [3.05, 3.63) is 34.9 Å². The lowest BCUT2D eigenvalue weighted by Gasteiger charge is -2.38. The van der Waals surface area contributed by atoms with Crippen LogP contribution in [0.2, 0.25) is 16.6 Å². The highest BCUT2D eigenvalue weighted by Gasteiger charge is 2.45. The summed E-state index contributed by atoms with van der Waals surface area (Å²) in [7, 11) is -1.76. The highest BCUT2D eigenvalue weighted by Crippen LogP contribution is 2.42. The summed E-state index contributed by atoms with van der Waals surface area (Å²) in [5.41, 5.74) is 8.62. The number of epoxide rings is 1. The topological polar surface area (TPSA) is 12.5 Å². The van der Waals surface area contributed by atoms with E-state index in [1.807, 2.05) is 0 Å². The van der Waals surface area contributed by atoms with Gasteiger partial charge >= 0.3 is 0 Å². The molecular weight excluding hydrogens is 344 g/mol. The van der Waals surface area contributed by atoms with Crippen molar-refractivity contribution in [2.24, 2.45) is 0 Å². The van der Waals surface area contributed by atoms with Crippen LogP contribution in [0.4, 0.5) is 0 Å². The van der Waals surface area contributed by atoms with Crippen LogP contribution in [-0.4, -0.2) is 14.7 Å². The zero-order valence-corrected chi connectivity index (χ0v) is 19.7. The molecule has 0 spiro atoms. The van der Waals surface area contributed by atoms with Gasteiger partial charge in [-0.05, 0) is 45.3 Å². The molecule has 0 N–H and O–H groups in total. The highest BCUT2D eigenvalue weighted by atomic mass is 28.3. The first-order valence-corrected chi connectivity index (χ1v) is 12.4. The summed E-state index contributed by atoms with van der Waals surface area (Å²) in [4.78, 5) is 0. The Kier molecular flexibility index (Phi) is 6.06. The Labute approximate surface area is 168 Å². The van der Waals surface area contributed by atoms with Crippen LogP contribution < -0.4 is 0 Å². The molecule has 1 nitrogen and oxygen atoms in total. The van der Waals surface area contributed by atoms with E-state index < -0.39 is 13.7 Å². The van der Waals surface area contributed by atoms with Crippen molar-refractivity contribution in [1.29, 1.82) is 0 Å². The van der Waals surface area contributed by atoms with Crippen LogP contribution in [0.3, 0.4) is 0 Å². The average molecular weight is 381 g/mol. The predicted octanol–water partition coefficient (Wildman–Crippen LogP) is 6.41. The van der Waals surface area contributed by atoms with Crippen molar-refractivity contribution in [3.8, 4) is 23.8 Å². The van der Waals surface area contributed by atoms with E-state index in [-0.39, 0.29) is 5.41 Å². The number of ether oxygens (including phenoxy) is 1. The van der Waals surface area contributed by atoms with Crippen molar-refractivity contribution in [3.63, 3.8) is 0 Å². The van der Waals surface area contributed by atoms with Gasteiger partial charge in [0.15, 0.2) is 5.60 Å². The van der Waals surface area contributed by atoms with Gasteiger partial charge < -0.3 is 4.74 Å². The van der Waals surface area contributed by atoms with E-state index in [0.29, 0.717) is 23.2 Å². The maximum atomic E-state index is 5.77. The second kappa shape index (κ2) is 7.50. The number of benzene rings is 1. The Hall–Kier alpha value is -1.48. The first kappa shape index (κ1) is 21.8. The molecule has 1 atom stereocenters. The zero-order chi connectivity index (χ0) is 20.6. The van der Waals surface area contributed by atoms with Crippen LogP contribution in [-0.2, 0) is 15.8 Å². The van der Waals surface area contributed by atoms with Crippen LogP contribution >= 0.6 is 0 Å². The number of hydrogen-bond acceptors (Lipinski definition) is 1. The summed E-state index contributed by atoms with van der Waals surface area (Å²) in [5.74, 6) is 6.43. The minimum Gasteiger partial charge on any atom is -0.351 e. The lowest BCUT2D eigenvalue weighted by atomic mass is 9.83. The third-order valence-electron chi connectivity index (χ3n) is 6.22. The minimum atomic E-state index is -1.76. The Morgan fingerprint density at radius 1 is 1.00 bits per heavy atom. The van der Waals surface area contributed by atoms with Gasteiger partial charge in [0.05, 0.1) is 6.61 Å². The Balaban J connectivity index is 2.62. The van der Waals surface area contributed by atoms with E-state index in [1.165, 1.54) is 5.56 Å². The Morgan fingerprint density at radius 3 is 1.89 bits per heavy atom. The maximum Gasteiger partial charge on any atom is 0.177 e. The predicted molar refractivity (Wildman–Crippen MR) is 120 cm³/mol. The smallest absolute Gasteiger partial charge is 0.177 e. The minimum absolute atomic E-state index is 0.0414. The quantitative estimate of drug-likeness (QED) is 0.334. The summed E-state index contributed by atoms with van der Waals surface area (Å²) in [6.07, 6.45) is 5.77. The molecule has 2 rings (SSSR count). The molecule has 146 valence electrons. The van der Waals surface area contributed by atoms with Crippen LogP contribution in [0.1, 0.15) is 79.0 Å². The average Bonchev–Trinajstić information content (AvgIpc) is 3.34. The molecule has 1 aliphatic heterocycles. The van der Waals surface area contributed by atoms with Gasteiger partial charge in [-0.15, -0.1) is 12.0 Å². The standard InChI is InChI=1S/C25H36OSi/c1-11-25(17-26-25)23-15-21(14-22(16-23)24(8,9)10)12-13-27(18(2)3,19(4)5)20(6)7/h1,14-16,18-20H,17H2,2-10H3/t25-/m0/s1. The summed E-state index contributed by atoms with van der Waals surface area (Å²) < 4.78 is 5.64. The third-order valence-corrected chi connectivity index (χ3v) is 12.5. The molecule has 0 aromatic heterocycles. The molecule has 1 saturated heterocycles. The molecule has 0 bridgehead atoms. The van der Waals surface area contributed by atoms with Gasteiger partial charge in [0, 0.05) is 5.56 Å². The van der Waals surface area contributed by atoms with Gasteiger partial charge in [0.1, 0.15) is 8.07 Å². The molecular formula is C25H36OSi. The zero-order valence-electron chi connectivity index (χ0n) is 18.7. The van der Waals surface area contributed by atoms with Gasteiger partial charge in [-0.25, -0.2) is 0 Å². The lowest BCUT2D eigenvalue weighted by molar-refractivity contribution is 0.365. The summed E-state index contributed by atoms with van der Waals surface area (Å²) in [5, 5.41) is 0. The van der Waals surface area contributed by atoms with Gasteiger partial charge in [0.25, 0.3) is 0 Å². The fourth-order valence-corrected chi connectivity index (χ4v) is 9.61. The van der Waals surface area contributed by atoms with Crippen LogP contribution in [0.25, 0.3) is 0 Å². The first-order valence-electron chi connectivity index (χ1n) is 10.2. The lowest BCUT2D eigenvalue weighted by Crippen LogP contribution is -2.43. The molecule has 1 aromatic rings. The van der Waals surface area contributed by atoms with Crippen molar-refractivity contribution < 1.29 is 4.74 Å². The molecule has 1 aliphatic rings. The molecule has 0 amide bonds. The summed E-state index contributed by atoms with van der Waals surface area (Å²) in [6.45, 7) is 21.4. The number of rotatable bonds is 4. The first-order chi connectivity index (χ1) is 12.4. The van der Waals surface area contributed by atoms with Gasteiger partial charge in [-0.1, -0.05) is 80.2 Å². The fourth-order valence-electron chi connectivity index (χ4n) is 4.38. The second-order valence-corrected chi connectivity index (χ2v) is 15.5. The van der Waals surface area contributed by atoms with Crippen molar-refractivity contribution in [1.82, 2.24) is 0 Å². The molecule has 0 unspecified atom stereocenters. The van der Waals surface area contributed by atoms with Crippen LogP contribution in [0, 0.1) is 23.8 Å². The van der Waals surface area contributed by atoms with E-state index in [4.69, 9.17) is 11.2 Å². The third kappa shape index (κ3) is 4.18. The summed E-state index contributed by atoms with van der Waals surface area (Å²) >= 11 is 0. The molecule has 0 aliphatic carbocycles. The van der Waals surface area contributed by atoms with Crippen LogP contribution in [0.15, 0.2) is 18.2 Å². The van der Waals surface area contributed by atoms with E-state index in [1.54, 1.807) is 0 Å². The Morgan fingerprint density at radius 2 is 1.52 bits per heavy atom. The fraction of sp³-hybridized carbons (Fsp3) is 0.600. The monoisotopic (exact) mass is 380 g/mol. The molecule has 1 aromatic carbocycles. The maximum absolute atomic E-state index is 5.77. The van der Waals surface area contributed by atoms with Crippen LogP contribution in [0.5, 0.6) is 0 Å². The second-order valence-electron chi connectivity index (χ2n) is 9.96. The van der Waals surface area contributed by atoms with Crippen molar-refractivity contribution in [2.45, 2.75) is 90.0 Å². The van der Waals surface area contributed by atoms with Gasteiger partial charge in [-0.2, -0.15) is 0 Å². The normalized spacial score (nSPS) is 19.8. The summed E-state index contributed by atoms with van der Waals surface area (Å²) in [6, 6.07) is 6.59. The highest BCUT2D eigenvalue weighted by molar-refractivity contribution is 6.90. The molecule has 0 radical (unpaired) electrons. The van der Waals surface area contributed by atoms with Crippen molar-refractivity contribution >= 4 is 8.07 Å². The molecule has 27 heavy (non-hydrogen) atoms. The SMILES string of the molecule is C#C[C@@]1(c2cc(C#C[Si](C(C)C)(C(C)C)C(C)C)cc(C(C)(C)C)c2)CO1. The van der Waals surface area contributed by atoms with E-state index in [0.717, 1.165) is 11.1 Å². The molecule has 1 heterocycles. The molecule has 1 fully saturated rings. The Bertz CT molecular complexity index is 765. The van der Waals surface area contributed by atoms with Gasteiger partial charge in [0.2, 0.25) is 0 Å². The molecule has 2 heteroatoms. The van der Waals surface area contributed by atoms with E-state index in [2.05, 4.69) is 97.9 Å². The molecule has 0 saturated carbocycles.